The lowest BCUT2D eigenvalue weighted by Crippen LogP contribution is -2.52. The summed E-state index contributed by atoms with van der Waals surface area (Å²) in [5.41, 5.74) is 0.581. The third kappa shape index (κ3) is 2.47. The summed E-state index contributed by atoms with van der Waals surface area (Å²) in [7, 11) is 3.40. The molecule has 2 fully saturated rings. The average molecular weight is 356 g/mol. The van der Waals surface area contributed by atoms with Crippen LogP contribution in [0.25, 0.3) is 10.9 Å². The molecule has 1 aromatic carbocycles. The Labute approximate surface area is 152 Å². The molecule has 1 aromatic heterocycles. The predicted octanol–water partition coefficient (Wildman–Crippen LogP) is 1.68. The van der Waals surface area contributed by atoms with Crippen LogP contribution in [0.4, 0.5) is 0 Å². The molecule has 2 aromatic rings. The molecule has 0 radical (unpaired) electrons. The maximum atomic E-state index is 13.4. The van der Waals surface area contributed by atoms with E-state index < -0.39 is 6.10 Å². The minimum atomic E-state index is -0.419. The Kier molecular flexibility index (Phi) is 4.12. The first kappa shape index (κ1) is 17.2. The third-order valence-electron chi connectivity index (χ3n) is 6.21. The lowest BCUT2D eigenvalue weighted by atomic mass is 9.79. The first-order valence-corrected chi connectivity index (χ1v) is 9.10. The highest BCUT2D eigenvalue weighted by molar-refractivity contribution is 6.06. The zero-order chi connectivity index (χ0) is 18.5. The number of likely N-dealkylation sites (tertiary alicyclic amines) is 1. The van der Waals surface area contributed by atoms with Crippen molar-refractivity contribution in [1.29, 1.82) is 0 Å². The van der Waals surface area contributed by atoms with Gasteiger partial charge in [-0.3, -0.25) is 9.59 Å². The number of aromatic nitrogens is 1. The second-order valence-corrected chi connectivity index (χ2v) is 7.43. The topological polar surface area (TPSA) is 71.8 Å². The van der Waals surface area contributed by atoms with Gasteiger partial charge in [0.2, 0.25) is 0 Å². The number of para-hydroxylation sites is 1. The van der Waals surface area contributed by atoms with Crippen LogP contribution in [0.5, 0.6) is 0 Å². The van der Waals surface area contributed by atoms with Crippen LogP contribution < -0.4 is 5.56 Å². The fraction of sp³-hybridized carbons (Fsp3) is 0.500. The number of carbonyl (C=O) groups is 1. The normalized spacial score (nSPS) is 28.3. The van der Waals surface area contributed by atoms with Crippen LogP contribution in [-0.4, -0.2) is 51.9 Å². The third-order valence-corrected chi connectivity index (χ3v) is 6.21. The van der Waals surface area contributed by atoms with Gasteiger partial charge in [-0.15, -0.1) is 0 Å². The van der Waals surface area contributed by atoms with Crippen LogP contribution in [0.3, 0.4) is 0 Å². The second-order valence-electron chi connectivity index (χ2n) is 7.43. The smallest absolute Gasteiger partial charge is 0.255 e. The Hall–Kier alpha value is -2.18. The molecular weight excluding hydrogens is 332 g/mol. The van der Waals surface area contributed by atoms with E-state index in [4.69, 9.17) is 4.74 Å². The van der Waals surface area contributed by atoms with E-state index in [1.165, 1.54) is 6.07 Å². The molecule has 4 rings (SSSR count). The molecule has 3 atom stereocenters. The van der Waals surface area contributed by atoms with E-state index >= 15 is 0 Å². The van der Waals surface area contributed by atoms with E-state index in [-0.39, 0.29) is 23.1 Å². The molecular formula is C20H24N2O4. The Morgan fingerprint density at radius 2 is 2.08 bits per heavy atom. The van der Waals surface area contributed by atoms with Gasteiger partial charge in [0.15, 0.2) is 0 Å². The van der Waals surface area contributed by atoms with E-state index in [9.17, 15) is 14.7 Å². The van der Waals surface area contributed by atoms with Crippen LogP contribution in [0.2, 0.25) is 0 Å². The highest BCUT2D eigenvalue weighted by Gasteiger charge is 2.52. The summed E-state index contributed by atoms with van der Waals surface area (Å²) in [5, 5.41) is 10.9. The number of amides is 1. The number of aliphatic hydroxyl groups is 1. The molecule has 2 aliphatic rings. The number of pyridine rings is 1. The molecule has 6 heteroatoms. The molecule has 1 N–H and O–H groups in total. The minimum absolute atomic E-state index is 0.156. The van der Waals surface area contributed by atoms with E-state index in [1.807, 2.05) is 24.3 Å². The summed E-state index contributed by atoms with van der Waals surface area (Å²) in [5.74, 6) is -0.156. The van der Waals surface area contributed by atoms with Crippen molar-refractivity contribution in [3.05, 3.63) is 46.2 Å². The van der Waals surface area contributed by atoms with Crippen LogP contribution in [0.15, 0.2) is 35.1 Å². The van der Waals surface area contributed by atoms with Gasteiger partial charge in [0.05, 0.1) is 28.8 Å². The monoisotopic (exact) mass is 356 g/mol. The van der Waals surface area contributed by atoms with E-state index in [0.717, 1.165) is 23.7 Å². The van der Waals surface area contributed by atoms with Gasteiger partial charge in [-0.25, -0.2) is 0 Å². The highest BCUT2D eigenvalue weighted by atomic mass is 16.5. The lowest BCUT2D eigenvalue weighted by Gasteiger charge is -2.42. The molecule has 6 nitrogen and oxygen atoms in total. The van der Waals surface area contributed by atoms with Gasteiger partial charge in [0.1, 0.15) is 0 Å². The summed E-state index contributed by atoms with van der Waals surface area (Å²) < 4.78 is 7.38. The number of aryl methyl sites for hydroxylation is 1. The van der Waals surface area contributed by atoms with E-state index in [1.54, 1.807) is 23.6 Å². The van der Waals surface area contributed by atoms with Gasteiger partial charge in [-0.1, -0.05) is 18.2 Å². The molecule has 0 unspecified atom stereocenters. The molecule has 1 saturated carbocycles. The Bertz CT molecular complexity index is 922. The van der Waals surface area contributed by atoms with Crippen molar-refractivity contribution >= 4 is 16.8 Å². The first-order chi connectivity index (χ1) is 12.5. The molecule has 0 bridgehead atoms. The minimum Gasteiger partial charge on any atom is -0.393 e. The predicted molar refractivity (Wildman–Crippen MR) is 98.2 cm³/mol. The summed E-state index contributed by atoms with van der Waals surface area (Å²) in [6.07, 6.45) is 2.30. The van der Waals surface area contributed by atoms with Crippen LogP contribution in [0, 0.1) is 0 Å². The fourth-order valence-corrected chi connectivity index (χ4v) is 4.66. The van der Waals surface area contributed by atoms with Crippen LogP contribution in [-0.2, 0) is 11.8 Å². The number of carbonyl (C=O) groups excluding carboxylic acids is 1. The van der Waals surface area contributed by atoms with Crippen molar-refractivity contribution in [3.8, 4) is 0 Å². The molecule has 138 valence electrons. The maximum absolute atomic E-state index is 13.4. The number of aliphatic hydroxyl groups excluding tert-OH is 1. The second kappa shape index (κ2) is 6.21. The largest absolute Gasteiger partial charge is 0.393 e. The zero-order valence-electron chi connectivity index (χ0n) is 15.1. The molecule has 26 heavy (non-hydrogen) atoms. The highest BCUT2D eigenvalue weighted by Crippen LogP contribution is 2.43. The SMILES string of the molecule is CO[C@@]12CC[C@@H](O)C[C@@H]1N(C(=O)c1cc(=O)n(C)c3ccccc13)CC2. The molecule has 1 saturated heterocycles. The van der Waals surface area contributed by atoms with Crippen molar-refractivity contribution in [2.24, 2.45) is 7.05 Å². The number of hydrogen-bond acceptors (Lipinski definition) is 4. The number of nitrogens with zero attached hydrogens (tertiary/aromatic N) is 2. The summed E-state index contributed by atoms with van der Waals surface area (Å²) in [6, 6.07) is 8.72. The van der Waals surface area contributed by atoms with Crippen molar-refractivity contribution in [2.75, 3.05) is 13.7 Å². The van der Waals surface area contributed by atoms with Crippen LogP contribution in [0.1, 0.15) is 36.0 Å². The van der Waals surface area contributed by atoms with Gasteiger partial charge in [0, 0.05) is 32.2 Å². The van der Waals surface area contributed by atoms with Gasteiger partial charge < -0.3 is 19.3 Å². The van der Waals surface area contributed by atoms with Gasteiger partial charge in [0.25, 0.3) is 11.5 Å². The molecule has 1 aliphatic heterocycles. The maximum Gasteiger partial charge on any atom is 0.255 e. The van der Waals surface area contributed by atoms with Crippen molar-refractivity contribution in [3.63, 3.8) is 0 Å². The van der Waals surface area contributed by atoms with Crippen molar-refractivity contribution in [2.45, 2.75) is 43.4 Å². The number of hydrogen-bond donors (Lipinski definition) is 1. The standard InChI is InChI=1S/C20H24N2O4/c1-21-16-6-4-3-5-14(16)15(12-18(21)24)19(25)22-10-9-20(26-2)8-7-13(23)11-17(20)22/h3-6,12-13,17,23H,7-11H2,1-2H3/t13-,17+,20-/m1/s1. The Balaban J connectivity index is 1.78. The first-order valence-electron chi connectivity index (χ1n) is 9.10. The fourth-order valence-electron chi connectivity index (χ4n) is 4.66. The van der Waals surface area contributed by atoms with Gasteiger partial charge in [-0.2, -0.15) is 0 Å². The molecule has 0 spiro atoms. The number of fused-ring (bicyclic) bond motifs is 2. The summed E-state index contributed by atoms with van der Waals surface area (Å²) in [4.78, 5) is 27.5. The summed E-state index contributed by atoms with van der Waals surface area (Å²) in [6.45, 7) is 0.577. The van der Waals surface area contributed by atoms with Crippen LogP contribution >= 0.6 is 0 Å². The van der Waals surface area contributed by atoms with Gasteiger partial charge in [-0.05, 0) is 31.7 Å². The van der Waals surface area contributed by atoms with Gasteiger partial charge >= 0.3 is 0 Å². The average Bonchev–Trinajstić information content (AvgIpc) is 3.03. The zero-order valence-corrected chi connectivity index (χ0v) is 15.1. The Morgan fingerprint density at radius 3 is 2.85 bits per heavy atom. The quantitative estimate of drug-likeness (QED) is 0.889. The van der Waals surface area contributed by atoms with E-state index in [2.05, 4.69) is 0 Å². The van der Waals surface area contributed by atoms with Crippen molar-refractivity contribution < 1.29 is 14.6 Å². The van der Waals surface area contributed by atoms with E-state index in [0.29, 0.717) is 24.9 Å². The summed E-state index contributed by atoms with van der Waals surface area (Å²) >= 11 is 0. The van der Waals surface area contributed by atoms with Crippen molar-refractivity contribution in [1.82, 2.24) is 9.47 Å². The molecule has 1 amide bonds. The molecule has 1 aliphatic carbocycles. The lowest BCUT2D eigenvalue weighted by molar-refractivity contribution is -0.0824. The number of rotatable bonds is 2. The molecule has 2 heterocycles. The number of benzene rings is 1. The number of methoxy groups -OCH3 is 1. The Morgan fingerprint density at radius 1 is 1.31 bits per heavy atom. The number of ether oxygens (including phenoxy) is 1.